The Hall–Kier alpha value is -3.74. The summed E-state index contributed by atoms with van der Waals surface area (Å²) in [5, 5.41) is 7.05. The van der Waals surface area contributed by atoms with Crippen LogP contribution in [0.1, 0.15) is 21.9 Å². The van der Waals surface area contributed by atoms with Gasteiger partial charge in [-0.1, -0.05) is 24.3 Å². The number of rotatable bonds is 5. The molecule has 3 aromatic heterocycles. The molecule has 1 N–H and O–H groups in total. The van der Waals surface area contributed by atoms with E-state index in [1.54, 1.807) is 36.2 Å². The van der Waals surface area contributed by atoms with Crippen LogP contribution in [-0.2, 0) is 6.54 Å². The monoisotopic (exact) mass is 373 g/mol. The lowest BCUT2D eigenvalue weighted by Crippen LogP contribution is -2.24. The summed E-state index contributed by atoms with van der Waals surface area (Å²) in [6.07, 6.45) is 3.51. The van der Waals surface area contributed by atoms with Crippen LogP contribution in [0.15, 0.2) is 60.9 Å². The number of carbonyl (C=O) groups excluding carboxylic acids is 1. The maximum atomic E-state index is 12.4. The van der Waals surface area contributed by atoms with Crippen molar-refractivity contribution in [2.75, 3.05) is 7.11 Å². The first-order chi connectivity index (χ1) is 13.6. The highest BCUT2D eigenvalue weighted by Crippen LogP contribution is 2.20. The average Bonchev–Trinajstić information content (AvgIpc) is 3.15. The minimum atomic E-state index is -0.323. The SMILES string of the molecule is COc1ccn2nc(C(=O)NCc3ccc(-c4ccnc(C)c4)cc3)nc2c1. The Morgan fingerprint density at radius 1 is 1.11 bits per heavy atom. The van der Waals surface area contributed by atoms with E-state index in [2.05, 4.69) is 20.4 Å². The van der Waals surface area contributed by atoms with Gasteiger partial charge in [0, 0.05) is 30.7 Å². The largest absolute Gasteiger partial charge is 0.497 e. The van der Waals surface area contributed by atoms with Crippen molar-refractivity contribution in [3.8, 4) is 16.9 Å². The molecule has 0 atom stereocenters. The fourth-order valence-electron chi connectivity index (χ4n) is 2.89. The minimum absolute atomic E-state index is 0.122. The number of fused-ring (bicyclic) bond motifs is 1. The van der Waals surface area contributed by atoms with Crippen LogP contribution in [0.2, 0.25) is 0 Å². The van der Waals surface area contributed by atoms with Crippen LogP contribution in [0.5, 0.6) is 5.75 Å². The van der Waals surface area contributed by atoms with Crippen LogP contribution in [0.3, 0.4) is 0 Å². The molecule has 0 radical (unpaired) electrons. The van der Waals surface area contributed by atoms with E-state index in [0.29, 0.717) is 17.9 Å². The van der Waals surface area contributed by atoms with Crippen molar-refractivity contribution < 1.29 is 9.53 Å². The molecule has 4 rings (SSSR count). The summed E-state index contributed by atoms with van der Waals surface area (Å²) in [4.78, 5) is 20.8. The summed E-state index contributed by atoms with van der Waals surface area (Å²) in [5.74, 6) is 0.463. The van der Waals surface area contributed by atoms with Gasteiger partial charge in [-0.3, -0.25) is 9.78 Å². The van der Waals surface area contributed by atoms with Crippen molar-refractivity contribution in [1.29, 1.82) is 0 Å². The number of benzene rings is 1. The third-order valence-corrected chi connectivity index (χ3v) is 4.38. The second-order valence-electron chi connectivity index (χ2n) is 6.37. The summed E-state index contributed by atoms with van der Waals surface area (Å²) < 4.78 is 6.70. The van der Waals surface area contributed by atoms with E-state index in [1.165, 1.54) is 0 Å². The highest BCUT2D eigenvalue weighted by atomic mass is 16.5. The molecule has 0 aliphatic carbocycles. The van der Waals surface area contributed by atoms with E-state index in [1.807, 2.05) is 43.3 Å². The van der Waals surface area contributed by atoms with Gasteiger partial charge in [0.1, 0.15) is 5.75 Å². The minimum Gasteiger partial charge on any atom is -0.497 e. The van der Waals surface area contributed by atoms with Gasteiger partial charge >= 0.3 is 0 Å². The van der Waals surface area contributed by atoms with Gasteiger partial charge in [0.15, 0.2) is 5.65 Å². The van der Waals surface area contributed by atoms with Gasteiger partial charge in [-0.2, -0.15) is 0 Å². The Bertz CT molecular complexity index is 1140. The van der Waals surface area contributed by atoms with Gasteiger partial charge in [0.05, 0.1) is 7.11 Å². The number of amides is 1. The average molecular weight is 373 g/mol. The molecule has 28 heavy (non-hydrogen) atoms. The van der Waals surface area contributed by atoms with Crippen LogP contribution in [0.25, 0.3) is 16.8 Å². The first-order valence-corrected chi connectivity index (χ1v) is 8.83. The number of carbonyl (C=O) groups is 1. The predicted molar refractivity (Wildman–Crippen MR) is 105 cm³/mol. The summed E-state index contributed by atoms with van der Waals surface area (Å²) >= 11 is 0. The van der Waals surface area contributed by atoms with Crippen LogP contribution < -0.4 is 10.1 Å². The van der Waals surface area contributed by atoms with E-state index in [0.717, 1.165) is 22.4 Å². The molecule has 7 heteroatoms. The Labute approximate surface area is 162 Å². The number of methoxy groups -OCH3 is 1. The first kappa shape index (κ1) is 17.7. The molecule has 140 valence electrons. The van der Waals surface area contributed by atoms with Crippen LogP contribution in [0.4, 0.5) is 0 Å². The third kappa shape index (κ3) is 3.68. The molecule has 0 fully saturated rings. The molecule has 7 nitrogen and oxygen atoms in total. The van der Waals surface area contributed by atoms with Gasteiger partial charge in [-0.15, -0.1) is 5.10 Å². The molecular weight excluding hydrogens is 354 g/mol. The summed E-state index contributed by atoms with van der Waals surface area (Å²) in [6, 6.07) is 15.6. The molecule has 4 aromatic rings. The molecule has 0 spiro atoms. The van der Waals surface area contributed by atoms with Gasteiger partial charge in [0.2, 0.25) is 5.82 Å². The smallest absolute Gasteiger partial charge is 0.291 e. The fourth-order valence-corrected chi connectivity index (χ4v) is 2.89. The first-order valence-electron chi connectivity index (χ1n) is 8.83. The van der Waals surface area contributed by atoms with E-state index in [4.69, 9.17) is 4.74 Å². The standard InChI is InChI=1S/C21H19N5O2/c1-14-11-17(7-9-22-14)16-5-3-15(4-6-16)13-23-21(27)20-24-19-12-18(28-2)8-10-26(19)25-20/h3-12H,13H2,1-2H3,(H,23,27). The number of aromatic nitrogens is 4. The van der Waals surface area contributed by atoms with Gasteiger partial charge < -0.3 is 10.1 Å². The normalized spacial score (nSPS) is 10.8. The van der Waals surface area contributed by atoms with Gasteiger partial charge in [-0.05, 0) is 41.8 Å². The van der Waals surface area contributed by atoms with Crippen molar-refractivity contribution >= 4 is 11.6 Å². The van der Waals surface area contributed by atoms with E-state index < -0.39 is 0 Å². The molecule has 1 aromatic carbocycles. The summed E-state index contributed by atoms with van der Waals surface area (Å²) in [7, 11) is 1.58. The van der Waals surface area contributed by atoms with Crippen molar-refractivity contribution in [2.45, 2.75) is 13.5 Å². The number of hydrogen-bond donors (Lipinski definition) is 1. The van der Waals surface area contributed by atoms with Crippen LogP contribution >= 0.6 is 0 Å². The number of ether oxygens (including phenoxy) is 1. The van der Waals surface area contributed by atoms with Crippen LogP contribution in [-0.4, -0.2) is 32.6 Å². The molecule has 0 aliphatic rings. The van der Waals surface area contributed by atoms with Gasteiger partial charge in [-0.25, -0.2) is 9.50 Å². The highest BCUT2D eigenvalue weighted by Gasteiger charge is 2.13. The Morgan fingerprint density at radius 3 is 2.68 bits per heavy atom. The highest BCUT2D eigenvalue weighted by molar-refractivity contribution is 5.90. The number of nitrogens with zero attached hydrogens (tertiary/aromatic N) is 4. The maximum Gasteiger partial charge on any atom is 0.291 e. The second kappa shape index (κ2) is 7.48. The zero-order valence-corrected chi connectivity index (χ0v) is 15.6. The molecule has 0 saturated carbocycles. The lowest BCUT2D eigenvalue weighted by molar-refractivity contribution is 0.0940. The molecule has 0 aliphatic heterocycles. The van der Waals surface area contributed by atoms with E-state index in [9.17, 15) is 4.79 Å². The maximum absolute atomic E-state index is 12.4. The quantitative estimate of drug-likeness (QED) is 0.581. The molecular formula is C21H19N5O2. The van der Waals surface area contributed by atoms with Crippen molar-refractivity contribution in [2.24, 2.45) is 0 Å². The summed E-state index contributed by atoms with van der Waals surface area (Å²) in [6.45, 7) is 2.37. The van der Waals surface area contributed by atoms with E-state index >= 15 is 0 Å². The predicted octanol–water partition coefficient (Wildman–Crippen LogP) is 3.04. The fraction of sp³-hybridized carbons (Fsp3) is 0.143. The number of hydrogen-bond acceptors (Lipinski definition) is 5. The Balaban J connectivity index is 1.43. The van der Waals surface area contributed by atoms with Gasteiger partial charge in [0.25, 0.3) is 5.91 Å². The van der Waals surface area contributed by atoms with Crippen molar-refractivity contribution in [1.82, 2.24) is 24.9 Å². The number of aryl methyl sites for hydroxylation is 1. The van der Waals surface area contributed by atoms with Crippen LogP contribution in [0, 0.1) is 6.92 Å². The zero-order valence-electron chi connectivity index (χ0n) is 15.6. The zero-order chi connectivity index (χ0) is 19.5. The lowest BCUT2D eigenvalue weighted by atomic mass is 10.0. The summed E-state index contributed by atoms with van der Waals surface area (Å²) in [5.41, 5.74) is 4.75. The molecule has 1 amide bonds. The number of nitrogens with one attached hydrogen (secondary N) is 1. The van der Waals surface area contributed by atoms with Crippen molar-refractivity contribution in [3.05, 3.63) is 78.0 Å². The Kier molecular flexibility index (Phi) is 4.72. The lowest BCUT2D eigenvalue weighted by Gasteiger charge is -2.06. The topological polar surface area (TPSA) is 81.4 Å². The molecule has 0 saturated heterocycles. The second-order valence-corrected chi connectivity index (χ2v) is 6.37. The Morgan fingerprint density at radius 2 is 1.93 bits per heavy atom. The molecule has 3 heterocycles. The molecule has 0 unspecified atom stereocenters. The molecule has 0 bridgehead atoms. The number of pyridine rings is 2. The third-order valence-electron chi connectivity index (χ3n) is 4.38. The van der Waals surface area contributed by atoms with Crippen molar-refractivity contribution in [3.63, 3.8) is 0 Å². The van der Waals surface area contributed by atoms with E-state index in [-0.39, 0.29) is 11.7 Å².